The minimum Gasteiger partial charge on any atom is -0.375 e. The summed E-state index contributed by atoms with van der Waals surface area (Å²) in [7, 11) is 0. The van der Waals surface area contributed by atoms with Crippen LogP contribution in [0.1, 0.15) is 37.7 Å². The van der Waals surface area contributed by atoms with Gasteiger partial charge in [0.05, 0.1) is 5.60 Å². The van der Waals surface area contributed by atoms with Gasteiger partial charge < -0.3 is 15.0 Å². The Morgan fingerprint density at radius 3 is 3.12 bits per heavy atom. The largest absolute Gasteiger partial charge is 0.375 e. The first-order valence-corrected chi connectivity index (χ1v) is 6.35. The highest BCUT2D eigenvalue weighted by Gasteiger charge is 2.42. The molecule has 1 aliphatic carbocycles. The number of aromatic nitrogens is 1. The summed E-state index contributed by atoms with van der Waals surface area (Å²) in [6.45, 7) is 1.91. The third kappa shape index (κ3) is 2.02. The standard InChI is InChI=1S/C13H20N2O/c1-4-13(5-1)8-12(3-7-16-13)15-10-11-2-6-14-9-11/h2,6,9,12,14-15H,1,3-5,7-8,10H2. The number of hydrogen-bond donors (Lipinski definition) is 2. The minimum atomic E-state index is 0.258. The molecule has 0 aromatic carbocycles. The van der Waals surface area contributed by atoms with Crippen molar-refractivity contribution in [2.75, 3.05) is 6.61 Å². The lowest BCUT2D eigenvalue weighted by molar-refractivity contribution is -0.135. The van der Waals surface area contributed by atoms with E-state index in [0.717, 1.165) is 19.6 Å². The summed E-state index contributed by atoms with van der Waals surface area (Å²) in [5, 5.41) is 3.65. The molecule has 88 valence electrons. The van der Waals surface area contributed by atoms with Gasteiger partial charge in [0.15, 0.2) is 0 Å². The van der Waals surface area contributed by atoms with E-state index in [2.05, 4.69) is 22.6 Å². The Balaban J connectivity index is 1.51. The summed E-state index contributed by atoms with van der Waals surface area (Å²) in [4.78, 5) is 3.09. The third-order valence-corrected chi connectivity index (χ3v) is 4.01. The maximum absolute atomic E-state index is 5.92. The summed E-state index contributed by atoms with van der Waals surface area (Å²) >= 11 is 0. The van der Waals surface area contributed by atoms with Crippen LogP contribution < -0.4 is 5.32 Å². The Bertz CT molecular complexity index is 330. The van der Waals surface area contributed by atoms with Crippen molar-refractivity contribution in [3.05, 3.63) is 24.0 Å². The van der Waals surface area contributed by atoms with Crippen LogP contribution in [0.15, 0.2) is 18.5 Å². The summed E-state index contributed by atoms with van der Waals surface area (Å²) in [5.74, 6) is 0. The number of aromatic amines is 1. The van der Waals surface area contributed by atoms with Gasteiger partial charge in [-0.1, -0.05) is 0 Å². The first-order chi connectivity index (χ1) is 7.86. The maximum Gasteiger partial charge on any atom is 0.0697 e. The van der Waals surface area contributed by atoms with E-state index >= 15 is 0 Å². The lowest BCUT2D eigenvalue weighted by Gasteiger charge is -2.47. The van der Waals surface area contributed by atoms with Crippen molar-refractivity contribution in [2.45, 2.75) is 50.3 Å². The molecule has 16 heavy (non-hydrogen) atoms. The number of hydrogen-bond acceptors (Lipinski definition) is 2. The molecule has 2 fully saturated rings. The lowest BCUT2D eigenvalue weighted by atomic mass is 9.74. The van der Waals surface area contributed by atoms with Crippen LogP contribution in [0.2, 0.25) is 0 Å². The molecule has 1 aliphatic heterocycles. The van der Waals surface area contributed by atoms with E-state index < -0.39 is 0 Å². The van der Waals surface area contributed by atoms with Gasteiger partial charge in [-0.25, -0.2) is 0 Å². The highest BCUT2D eigenvalue weighted by atomic mass is 16.5. The average Bonchev–Trinajstić information content (AvgIpc) is 2.77. The van der Waals surface area contributed by atoms with Gasteiger partial charge in [-0.2, -0.15) is 0 Å². The van der Waals surface area contributed by atoms with Crippen LogP contribution in [0.4, 0.5) is 0 Å². The monoisotopic (exact) mass is 220 g/mol. The zero-order chi connectivity index (χ0) is 10.8. The molecule has 1 saturated heterocycles. The summed E-state index contributed by atoms with van der Waals surface area (Å²) in [5.41, 5.74) is 1.60. The fourth-order valence-electron chi connectivity index (χ4n) is 2.85. The van der Waals surface area contributed by atoms with Gasteiger partial charge in [0.2, 0.25) is 0 Å². The van der Waals surface area contributed by atoms with Crippen molar-refractivity contribution >= 4 is 0 Å². The zero-order valence-corrected chi connectivity index (χ0v) is 9.67. The molecule has 3 rings (SSSR count). The van der Waals surface area contributed by atoms with Crippen LogP contribution in [0.3, 0.4) is 0 Å². The van der Waals surface area contributed by atoms with Crippen LogP contribution in [-0.2, 0) is 11.3 Å². The second-order valence-corrected chi connectivity index (χ2v) is 5.17. The quantitative estimate of drug-likeness (QED) is 0.819. The summed E-state index contributed by atoms with van der Waals surface area (Å²) < 4.78 is 5.92. The van der Waals surface area contributed by atoms with E-state index in [0.29, 0.717) is 6.04 Å². The van der Waals surface area contributed by atoms with E-state index in [1.165, 1.54) is 31.2 Å². The van der Waals surface area contributed by atoms with Gasteiger partial charge in [0, 0.05) is 31.6 Å². The predicted octanol–water partition coefficient (Wildman–Crippen LogP) is 2.21. The summed E-state index contributed by atoms with van der Waals surface area (Å²) in [6.07, 6.45) is 10.3. The lowest BCUT2D eigenvalue weighted by Crippen LogP contribution is -2.50. The molecule has 0 radical (unpaired) electrons. The van der Waals surface area contributed by atoms with Gasteiger partial charge in [-0.15, -0.1) is 0 Å². The predicted molar refractivity (Wildman–Crippen MR) is 63.2 cm³/mol. The van der Waals surface area contributed by atoms with Gasteiger partial charge in [0.25, 0.3) is 0 Å². The number of ether oxygens (including phenoxy) is 1. The van der Waals surface area contributed by atoms with Crippen molar-refractivity contribution in [3.8, 4) is 0 Å². The highest BCUT2D eigenvalue weighted by molar-refractivity contribution is 5.08. The Morgan fingerprint density at radius 2 is 2.44 bits per heavy atom. The molecule has 1 spiro atoms. The number of H-pyrrole nitrogens is 1. The Kier molecular flexibility index (Phi) is 2.74. The second kappa shape index (κ2) is 4.22. The SMILES string of the molecule is c1cc(CNC2CCOC3(CCC3)C2)c[nH]1. The molecule has 0 amide bonds. The Labute approximate surface area is 96.6 Å². The molecule has 2 heterocycles. The molecule has 2 aliphatic rings. The minimum absolute atomic E-state index is 0.258. The smallest absolute Gasteiger partial charge is 0.0697 e. The molecule has 0 bridgehead atoms. The normalized spacial score (nSPS) is 27.9. The molecule has 1 aromatic heterocycles. The molecule has 3 heteroatoms. The van der Waals surface area contributed by atoms with Crippen molar-refractivity contribution in [1.82, 2.24) is 10.3 Å². The van der Waals surface area contributed by atoms with Gasteiger partial charge >= 0.3 is 0 Å². The molecule has 1 unspecified atom stereocenters. The third-order valence-electron chi connectivity index (χ3n) is 4.01. The molecule has 1 atom stereocenters. The number of nitrogens with one attached hydrogen (secondary N) is 2. The fraction of sp³-hybridized carbons (Fsp3) is 0.692. The molecule has 3 nitrogen and oxygen atoms in total. The van der Waals surface area contributed by atoms with E-state index in [1.807, 2.05) is 6.20 Å². The van der Waals surface area contributed by atoms with Crippen LogP contribution in [0.25, 0.3) is 0 Å². The Hall–Kier alpha value is -0.800. The summed E-state index contributed by atoms with van der Waals surface area (Å²) in [6, 6.07) is 2.77. The van der Waals surface area contributed by atoms with Crippen LogP contribution >= 0.6 is 0 Å². The van der Waals surface area contributed by atoms with Crippen LogP contribution in [0, 0.1) is 0 Å². The van der Waals surface area contributed by atoms with E-state index in [9.17, 15) is 0 Å². The van der Waals surface area contributed by atoms with E-state index in [-0.39, 0.29) is 5.60 Å². The van der Waals surface area contributed by atoms with Crippen molar-refractivity contribution in [2.24, 2.45) is 0 Å². The van der Waals surface area contributed by atoms with Gasteiger partial charge in [-0.3, -0.25) is 0 Å². The average molecular weight is 220 g/mol. The Morgan fingerprint density at radius 1 is 1.50 bits per heavy atom. The molecule has 1 aromatic rings. The van der Waals surface area contributed by atoms with Crippen LogP contribution in [0.5, 0.6) is 0 Å². The highest BCUT2D eigenvalue weighted by Crippen LogP contribution is 2.42. The molecule has 1 saturated carbocycles. The number of rotatable bonds is 3. The van der Waals surface area contributed by atoms with Gasteiger partial charge in [-0.05, 0) is 43.7 Å². The van der Waals surface area contributed by atoms with Crippen molar-refractivity contribution < 1.29 is 4.74 Å². The van der Waals surface area contributed by atoms with Crippen molar-refractivity contribution in [1.29, 1.82) is 0 Å². The first kappa shape index (κ1) is 10.4. The second-order valence-electron chi connectivity index (χ2n) is 5.17. The maximum atomic E-state index is 5.92. The fourth-order valence-corrected chi connectivity index (χ4v) is 2.85. The molecular formula is C13H20N2O. The van der Waals surface area contributed by atoms with E-state index in [4.69, 9.17) is 4.74 Å². The van der Waals surface area contributed by atoms with Crippen LogP contribution in [-0.4, -0.2) is 23.2 Å². The van der Waals surface area contributed by atoms with Gasteiger partial charge in [0.1, 0.15) is 0 Å². The topological polar surface area (TPSA) is 37.0 Å². The molecule has 2 N–H and O–H groups in total. The first-order valence-electron chi connectivity index (χ1n) is 6.35. The molecular weight excluding hydrogens is 200 g/mol. The van der Waals surface area contributed by atoms with E-state index in [1.54, 1.807) is 0 Å². The van der Waals surface area contributed by atoms with Crippen molar-refractivity contribution in [3.63, 3.8) is 0 Å². The zero-order valence-electron chi connectivity index (χ0n) is 9.67.